The van der Waals surface area contributed by atoms with Crippen molar-refractivity contribution < 1.29 is 0 Å². The first-order chi connectivity index (χ1) is 7.24. The van der Waals surface area contributed by atoms with Crippen molar-refractivity contribution in [1.29, 1.82) is 0 Å². The quantitative estimate of drug-likeness (QED) is 0.789. The Hall–Kier alpha value is -1.32. The summed E-state index contributed by atoms with van der Waals surface area (Å²) in [5, 5.41) is 3.19. The van der Waals surface area contributed by atoms with Crippen molar-refractivity contribution >= 4 is 5.82 Å². The summed E-state index contributed by atoms with van der Waals surface area (Å²) in [5.41, 5.74) is -0.0892. The first-order valence-electron chi connectivity index (χ1n) is 5.56. The fourth-order valence-electron chi connectivity index (χ4n) is 1.86. The van der Waals surface area contributed by atoms with Crippen molar-refractivity contribution in [3.05, 3.63) is 22.2 Å². The number of anilines is 1. The van der Waals surface area contributed by atoms with Gasteiger partial charge in [0.15, 0.2) is 0 Å². The Bertz CT molecular complexity index is 382. The van der Waals surface area contributed by atoms with E-state index in [0.29, 0.717) is 11.6 Å². The molecule has 4 nitrogen and oxygen atoms in total. The molecule has 2 N–H and O–H groups in total. The SMILES string of the molecule is Cc1nc(NCCC2CCC2)cc(=O)[nH]1. The van der Waals surface area contributed by atoms with E-state index in [1.165, 1.54) is 31.7 Å². The van der Waals surface area contributed by atoms with Crippen LogP contribution >= 0.6 is 0 Å². The van der Waals surface area contributed by atoms with Crippen molar-refractivity contribution in [2.24, 2.45) is 5.92 Å². The van der Waals surface area contributed by atoms with Crippen LogP contribution in [-0.2, 0) is 0 Å². The van der Waals surface area contributed by atoms with Crippen LogP contribution in [0.15, 0.2) is 10.9 Å². The third kappa shape index (κ3) is 2.81. The second-order valence-electron chi connectivity index (χ2n) is 4.23. The average Bonchev–Trinajstić information content (AvgIpc) is 2.07. The van der Waals surface area contributed by atoms with Crippen LogP contribution in [0.2, 0.25) is 0 Å². The molecule has 0 amide bonds. The highest BCUT2D eigenvalue weighted by Crippen LogP contribution is 2.28. The van der Waals surface area contributed by atoms with E-state index >= 15 is 0 Å². The Morgan fingerprint density at radius 3 is 3.00 bits per heavy atom. The van der Waals surface area contributed by atoms with Crippen LogP contribution in [0.3, 0.4) is 0 Å². The molecule has 1 saturated carbocycles. The van der Waals surface area contributed by atoms with E-state index in [0.717, 1.165) is 12.5 Å². The molecule has 0 unspecified atom stereocenters. The molecular formula is C11H17N3O. The average molecular weight is 207 g/mol. The predicted molar refractivity (Wildman–Crippen MR) is 60.0 cm³/mol. The normalized spacial score (nSPS) is 16.1. The number of aromatic nitrogens is 2. The highest BCUT2D eigenvalue weighted by atomic mass is 16.1. The van der Waals surface area contributed by atoms with Crippen LogP contribution in [0.4, 0.5) is 5.82 Å². The fraction of sp³-hybridized carbons (Fsp3) is 0.636. The summed E-state index contributed by atoms with van der Waals surface area (Å²) < 4.78 is 0. The van der Waals surface area contributed by atoms with Crippen LogP contribution in [0, 0.1) is 12.8 Å². The molecular weight excluding hydrogens is 190 g/mol. The number of nitrogens with one attached hydrogen (secondary N) is 2. The molecule has 0 bridgehead atoms. The molecule has 1 aromatic heterocycles. The lowest BCUT2D eigenvalue weighted by Crippen LogP contribution is -2.17. The maximum absolute atomic E-state index is 11.1. The van der Waals surface area contributed by atoms with E-state index in [2.05, 4.69) is 15.3 Å². The topological polar surface area (TPSA) is 57.8 Å². The van der Waals surface area contributed by atoms with Crippen LogP contribution in [0.25, 0.3) is 0 Å². The summed E-state index contributed by atoms with van der Waals surface area (Å²) in [5.74, 6) is 2.24. The number of aromatic amines is 1. The monoisotopic (exact) mass is 207 g/mol. The molecule has 15 heavy (non-hydrogen) atoms. The summed E-state index contributed by atoms with van der Waals surface area (Å²) >= 11 is 0. The van der Waals surface area contributed by atoms with Gasteiger partial charge in [-0.1, -0.05) is 19.3 Å². The van der Waals surface area contributed by atoms with Crippen molar-refractivity contribution in [2.45, 2.75) is 32.6 Å². The smallest absolute Gasteiger partial charge is 0.252 e. The molecule has 1 aromatic rings. The fourth-order valence-corrected chi connectivity index (χ4v) is 1.86. The lowest BCUT2D eigenvalue weighted by molar-refractivity contribution is 0.303. The number of hydrogen-bond acceptors (Lipinski definition) is 3. The molecule has 1 aliphatic rings. The lowest BCUT2D eigenvalue weighted by atomic mass is 9.83. The molecule has 4 heteroatoms. The summed E-state index contributed by atoms with van der Waals surface area (Å²) in [6.07, 6.45) is 5.30. The maximum Gasteiger partial charge on any atom is 0.252 e. The zero-order chi connectivity index (χ0) is 10.7. The third-order valence-corrected chi connectivity index (χ3v) is 2.94. The van der Waals surface area contributed by atoms with Gasteiger partial charge in [0.2, 0.25) is 0 Å². The third-order valence-electron chi connectivity index (χ3n) is 2.94. The molecule has 0 spiro atoms. The zero-order valence-electron chi connectivity index (χ0n) is 9.05. The molecule has 0 saturated heterocycles. The Morgan fingerprint density at radius 2 is 2.40 bits per heavy atom. The number of hydrogen-bond donors (Lipinski definition) is 2. The van der Waals surface area contributed by atoms with Crippen LogP contribution in [0.1, 0.15) is 31.5 Å². The van der Waals surface area contributed by atoms with Crippen molar-refractivity contribution in [2.75, 3.05) is 11.9 Å². The van der Waals surface area contributed by atoms with E-state index in [4.69, 9.17) is 0 Å². The van der Waals surface area contributed by atoms with Gasteiger partial charge in [0.25, 0.3) is 5.56 Å². The summed E-state index contributed by atoms with van der Waals surface area (Å²) in [6, 6.07) is 1.51. The van der Waals surface area contributed by atoms with Gasteiger partial charge in [0.05, 0.1) is 0 Å². The highest BCUT2D eigenvalue weighted by molar-refractivity contribution is 5.32. The van der Waals surface area contributed by atoms with E-state index in [9.17, 15) is 4.79 Å². The Morgan fingerprint density at radius 1 is 1.60 bits per heavy atom. The van der Waals surface area contributed by atoms with E-state index < -0.39 is 0 Å². The van der Waals surface area contributed by atoms with Gasteiger partial charge in [0.1, 0.15) is 11.6 Å². The van der Waals surface area contributed by atoms with E-state index in [1.807, 2.05) is 0 Å². The van der Waals surface area contributed by atoms with Gasteiger partial charge in [-0.3, -0.25) is 4.79 Å². The molecule has 82 valence electrons. The van der Waals surface area contributed by atoms with Gasteiger partial charge < -0.3 is 10.3 Å². The molecule has 1 fully saturated rings. The minimum atomic E-state index is -0.0892. The molecule has 0 atom stereocenters. The minimum absolute atomic E-state index is 0.0892. The van der Waals surface area contributed by atoms with Gasteiger partial charge in [-0.05, 0) is 19.3 Å². The Balaban J connectivity index is 1.84. The molecule has 0 radical (unpaired) electrons. The lowest BCUT2D eigenvalue weighted by Gasteiger charge is -2.25. The van der Waals surface area contributed by atoms with Gasteiger partial charge in [-0.15, -0.1) is 0 Å². The van der Waals surface area contributed by atoms with Crippen molar-refractivity contribution in [1.82, 2.24) is 9.97 Å². The first kappa shape index (κ1) is 10.2. The second kappa shape index (κ2) is 4.47. The summed E-state index contributed by atoms with van der Waals surface area (Å²) in [6.45, 7) is 2.71. The van der Waals surface area contributed by atoms with Gasteiger partial charge in [0, 0.05) is 12.6 Å². The summed E-state index contributed by atoms with van der Waals surface area (Å²) in [4.78, 5) is 18.0. The predicted octanol–water partition coefficient (Wildman–Crippen LogP) is 1.68. The van der Waals surface area contributed by atoms with E-state index in [-0.39, 0.29) is 5.56 Å². The molecule has 1 aliphatic carbocycles. The van der Waals surface area contributed by atoms with Crippen molar-refractivity contribution in [3.8, 4) is 0 Å². The summed E-state index contributed by atoms with van der Waals surface area (Å²) in [7, 11) is 0. The molecule has 1 heterocycles. The molecule has 0 aromatic carbocycles. The zero-order valence-corrected chi connectivity index (χ0v) is 9.05. The number of rotatable bonds is 4. The van der Waals surface area contributed by atoms with Crippen LogP contribution in [-0.4, -0.2) is 16.5 Å². The maximum atomic E-state index is 11.1. The number of H-pyrrole nitrogens is 1. The second-order valence-corrected chi connectivity index (χ2v) is 4.23. The first-order valence-corrected chi connectivity index (χ1v) is 5.56. The van der Waals surface area contributed by atoms with E-state index in [1.54, 1.807) is 6.92 Å². The van der Waals surface area contributed by atoms with Gasteiger partial charge >= 0.3 is 0 Å². The Kier molecular flexibility index (Phi) is 3.04. The minimum Gasteiger partial charge on any atom is -0.370 e. The molecule has 2 rings (SSSR count). The largest absolute Gasteiger partial charge is 0.370 e. The van der Waals surface area contributed by atoms with Gasteiger partial charge in [-0.25, -0.2) is 4.98 Å². The van der Waals surface area contributed by atoms with Gasteiger partial charge in [-0.2, -0.15) is 0 Å². The Labute approximate surface area is 89.1 Å². The van der Waals surface area contributed by atoms with Crippen LogP contribution in [0.5, 0.6) is 0 Å². The standard InChI is InChI=1S/C11H17N3O/c1-8-13-10(7-11(15)14-8)12-6-5-9-3-2-4-9/h7,9H,2-6H2,1H3,(H2,12,13,14,15). The van der Waals surface area contributed by atoms with Crippen molar-refractivity contribution in [3.63, 3.8) is 0 Å². The number of aryl methyl sites for hydroxylation is 1. The van der Waals surface area contributed by atoms with Crippen LogP contribution < -0.4 is 10.9 Å². The number of nitrogens with zero attached hydrogens (tertiary/aromatic N) is 1. The molecule has 0 aliphatic heterocycles. The highest BCUT2D eigenvalue weighted by Gasteiger charge is 2.16.